The number of hydrogen-bond donors (Lipinski definition) is 2. The van der Waals surface area contributed by atoms with Gasteiger partial charge in [-0.3, -0.25) is 9.59 Å². The first-order valence-electron chi connectivity index (χ1n) is 11.2. The molecule has 3 rings (SSSR count). The average Bonchev–Trinajstić information content (AvgIpc) is 2.88. The van der Waals surface area contributed by atoms with E-state index in [1.54, 1.807) is 48.5 Å². The maximum atomic E-state index is 12.6. The maximum absolute atomic E-state index is 12.6. The number of nitrogens with zero attached hydrogens (tertiary/aromatic N) is 1. The van der Waals surface area contributed by atoms with Crippen molar-refractivity contribution in [2.45, 2.75) is 6.92 Å². The van der Waals surface area contributed by atoms with Gasteiger partial charge >= 0.3 is 0 Å². The molecule has 10 heteroatoms. The van der Waals surface area contributed by atoms with E-state index in [1.165, 1.54) is 6.21 Å². The van der Waals surface area contributed by atoms with Crippen LogP contribution in [0.25, 0.3) is 0 Å². The third-order valence-corrected chi connectivity index (χ3v) is 5.85. The highest BCUT2D eigenvalue weighted by atomic mass is 79.9. The molecule has 2 amide bonds. The van der Waals surface area contributed by atoms with Crippen LogP contribution in [0.4, 0.5) is 5.69 Å². The van der Waals surface area contributed by atoms with Gasteiger partial charge in [0, 0.05) is 11.3 Å². The van der Waals surface area contributed by atoms with E-state index in [4.69, 9.17) is 14.2 Å². The van der Waals surface area contributed by atoms with Crippen LogP contribution < -0.4 is 25.0 Å². The Morgan fingerprint density at radius 2 is 1.70 bits per heavy atom. The fourth-order valence-electron chi connectivity index (χ4n) is 3.06. The van der Waals surface area contributed by atoms with Crippen molar-refractivity contribution >= 4 is 55.6 Å². The molecule has 0 aromatic heterocycles. The summed E-state index contributed by atoms with van der Waals surface area (Å²) in [6.07, 6.45) is 3.12. The summed E-state index contributed by atoms with van der Waals surface area (Å²) in [6.45, 7) is 6.06. The average molecular weight is 631 g/mol. The van der Waals surface area contributed by atoms with Gasteiger partial charge in [0.1, 0.15) is 12.4 Å². The number of benzene rings is 3. The summed E-state index contributed by atoms with van der Waals surface area (Å²) in [7, 11) is 0. The van der Waals surface area contributed by atoms with Gasteiger partial charge in [-0.2, -0.15) is 5.10 Å². The molecular formula is C27H25Br2N3O5. The van der Waals surface area contributed by atoms with Gasteiger partial charge < -0.3 is 19.5 Å². The molecule has 3 aromatic rings. The molecule has 0 heterocycles. The molecule has 0 aliphatic rings. The number of halogens is 2. The zero-order chi connectivity index (χ0) is 26.6. The molecule has 0 bridgehead atoms. The van der Waals surface area contributed by atoms with Crippen LogP contribution in [0.5, 0.6) is 17.2 Å². The lowest BCUT2D eigenvalue weighted by Gasteiger charge is -2.12. The van der Waals surface area contributed by atoms with E-state index >= 15 is 0 Å². The first kappa shape index (κ1) is 27.9. The second-order valence-corrected chi connectivity index (χ2v) is 9.12. The monoisotopic (exact) mass is 629 g/mol. The molecule has 0 radical (unpaired) electrons. The zero-order valence-electron chi connectivity index (χ0n) is 20.0. The molecule has 37 heavy (non-hydrogen) atoms. The Kier molecular flexibility index (Phi) is 10.7. The van der Waals surface area contributed by atoms with Gasteiger partial charge in [-0.25, -0.2) is 5.43 Å². The first-order valence-corrected chi connectivity index (χ1v) is 12.8. The highest BCUT2D eigenvalue weighted by Crippen LogP contribution is 2.34. The van der Waals surface area contributed by atoms with Crippen molar-refractivity contribution in [3.8, 4) is 17.2 Å². The molecule has 0 fully saturated rings. The van der Waals surface area contributed by atoms with E-state index < -0.39 is 5.91 Å². The number of hydrazone groups is 1. The molecule has 3 aromatic carbocycles. The fraction of sp³-hybridized carbons (Fsp3) is 0.148. The normalized spacial score (nSPS) is 10.6. The molecule has 0 unspecified atom stereocenters. The number of hydrogen-bond acceptors (Lipinski definition) is 6. The van der Waals surface area contributed by atoms with E-state index in [0.29, 0.717) is 56.2 Å². The Hall–Kier alpha value is -3.63. The van der Waals surface area contributed by atoms with Crippen LogP contribution in [-0.4, -0.2) is 37.8 Å². The zero-order valence-corrected chi connectivity index (χ0v) is 23.2. The van der Waals surface area contributed by atoms with Crippen LogP contribution in [0.15, 0.2) is 87.4 Å². The molecule has 8 nitrogen and oxygen atoms in total. The summed E-state index contributed by atoms with van der Waals surface area (Å²) in [5.74, 6) is 0.756. The largest absolute Gasteiger partial charge is 0.490 e. The number of carbonyl (C=O) groups excluding carboxylic acids is 2. The third-order valence-electron chi connectivity index (χ3n) is 4.67. The molecule has 0 spiro atoms. The number of nitrogens with one attached hydrogen (secondary N) is 2. The van der Waals surface area contributed by atoms with Crippen LogP contribution in [0.1, 0.15) is 22.8 Å². The van der Waals surface area contributed by atoms with Crippen LogP contribution in [-0.2, 0) is 4.79 Å². The predicted molar refractivity (Wildman–Crippen MR) is 151 cm³/mol. The Labute approximate surface area is 232 Å². The lowest BCUT2D eigenvalue weighted by molar-refractivity contribution is -0.118. The lowest BCUT2D eigenvalue weighted by Crippen LogP contribution is -2.20. The van der Waals surface area contributed by atoms with E-state index in [2.05, 4.69) is 54.3 Å². The minimum atomic E-state index is -0.407. The summed E-state index contributed by atoms with van der Waals surface area (Å²) in [5.41, 5.74) is 4.24. The molecule has 192 valence electrons. The van der Waals surface area contributed by atoms with Crippen molar-refractivity contribution in [3.63, 3.8) is 0 Å². The molecule has 0 atom stereocenters. The van der Waals surface area contributed by atoms with E-state index in [9.17, 15) is 9.59 Å². The highest BCUT2D eigenvalue weighted by Gasteiger charge is 2.13. The predicted octanol–water partition coefficient (Wildman–Crippen LogP) is 5.96. The van der Waals surface area contributed by atoms with Crippen LogP contribution in [0.2, 0.25) is 0 Å². The standard InChI is InChI=1S/C27H25Br2N3O5/c1-3-12-36-23-11-10-19(15-24(23)35-4-2)27(34)32-30-16-18-13-21(28)26(22(29)14-18)37-17-25(33)31-20-8-6-5-7-9-20/h3,5-11,13-16H,1,4,12,17H2,2H3,(H,31,33)(H,32,34)/b30-16+. The first-order chi connectivity index (χ1) is 17.9. The second kappa shape index (κ2) is 14.2. The molecule has 0 saturated heterocycles. The highest BCUT2D eigenvalue weighted by molar-refractivity contribution is 9.11. The minimum absolute atomic E-state index is 0.170. The van der Waals surface area contributed by atoms with E-state index in [0.717, 1.165) is 0 Å². The number of anilines is 1. The molecule has 0 saturated carbocycles. The van der Waals surface area contributed by atoms with Crippen molar-refractivity contribution < 1.29 is 23.8 Å². The van der Waals surface area contributed by atoms with Gasteiger partial charge in [-0.05, 0) is 86.8 Å². The quantitative estimate of drug-likeness (QED) is 0.146. The van der Waals surface area contributed by atoms with Crippen molar-refractivity contribution in [2.75, 3.05) is 25.1 Å². The summed E-state index contributed by atoms with van der Waals surface area (Å²) >= 11 is 6.90. The third kappa shape index (κ3) is 8.47. The van der Waals surface area contributed by atoms with Crippen molar-refractivity contribution in [3.05, 3.63) is 93.4 Å². The summed E-state index contributed by atoms with van der Waals surface area (Å²) in [5, 5.41) is 6.80. The fourth-order valence-corrected chi connectivity index (χ4v) is 4.51. The number of amides is 2. The number of carbonyl (C=O) groups is 2. The lowest BCUT2D eigenvalue weighted by atomic mass is 10.2. The molecular weight excluding hydrogens is 606 g/mol. The number of ether oxygens (including phenoxy) is 3. The smallest absolute Gasteiger partial charge is 0.271 e. The molecule has 0 aliphatic carbocycles. The molecule has 2 N–H and O–H groups in total. The topological polar surface area (TPSA) is 98.3 Å². The van der Waals surface area contributed by atoms with Crippen molar-refractivity contribution in [1.82, 2.24) is 5.43 Å². The summed E-state index contributed by atoms with van der Waals surface area (Å²) < 4.78 is 18.0. The second-order valence-electron chi connectivity index (χ2n) is 7.41. The van der Waals surface area contributed by atoms with Gasteiger partial charge in [0.15, 0.2) is 18.1 Å². The number of rotatable bonds is 12. The van der Waals surface area contributed by atoms with Crippen LogP contribution in [0, 0.1) is 0 Å². The van der Waals surface area contributed by atoms with Gasteiger partial charge in [-0.15, -0.1) is 0 Å². The maximum Gasteiger partial charge on any atom is 0.271 e. The van der Waals surface area contributed by atoms with E-state index in [1.807, 2.05) is 25.1 Å². The molecule has 0 aliphatic heterocycles. The Morgan fingerprint density at radius 3 is 2.38 bits per heavy atom. The van der Waals surface area contributed by atoms with Crippen molar-refractivity contribution in [2.24, 2.45) is 5.10 Å². The SMILES string of the molecule is C=CCOc1ccc(C(=O)N/N=C/c2cc(Br)c(OCC(=O)Nc3ccccc3)c(Br)c2)cc1OCC. The van der Waals surface area contributed by atoms with Gasteiger partial charge in [0.2, 0.25) is 0 Å². The Bertz CT molecular complexity index is 1260. The number of para-hydroxylation sites is 1. The van der Waals surface area contributed by atoms with Gasteiger partial charge in [0.05, 0.1) is 21.8 Å². The van der Waals surface area contributed by atoms with Gasteiger partial charge in [0.25, 0.3) is 11.8 Å². The Balaban J connectivity index is 1.60. The van der Waals surface area contributed by atoms with Crippen LogP contribution >= 0.6 is 31.9 Å². The Morgan fingerprint density at radius 1 is 0.973 bits per heavy atom. The van der Waals surface area contributed by atoms with Crippen LogP contribution in [0.3, 0.4) is 0 Å². The summed E-state index contributed by atoms with van der Waals surface area (Å²) in [4.78, 5) is 24.7. The van der Waals surface area contributed by atoms with E-state index in [-0.39, 0.29) is 12.5 Å². The van der Waals surface area contributed by atoms with Crippen molar-refractivity contribution in [1.29, 1.82) is 0 Å². The summed E-state index contributed by atoms with van der Waals surface area (Å²) in [6, 6.07) is 17.5. The van der Waals surface area contributed by atoms with Gasteiger partial charge in [-0.1, -0.05) is 30.9 Å². The minimum Gasteiger partial charge on any atom is -0.490 e.